The molecule has 10 rings (SSSR count). The Morgan fingerprint density at radius 3 is 1.47 bits per heavy atom. The van der Waals surface area contributed by atoms with Gasteiger partial charge in [-0.25, -0.2) is 14.8 Å². The number of carboxylic acid groups (broad SMARTS) is 1. The molecule has 23 heteroatoms. The van der Waals surface area contributed by atoms with E-state index in [-0.39, 0.29) is 68.3 Å². The molecular weight excluding hydrogens is 1010 g/mol. The summed E-state index contributed by atoms with van der Waals surface area (Å²) in [5, 5.41) is 19.4. The quantitative estimate of drug-likeness (QED) is 0.0924. The van der Waals surface area contributed by atoms with Gasteiger partial charge in [0.15, 0.2) is 22.9 Å². The maximum Gasteiger partial charge on any atom is 0.426 e. The number of Topliss-reactive ketones (excluding diaryl/α,β-unsaturated/α-hetero) is 2. The van der Waals surface area contributed by atoms with Crippen LogP contribution in [0, 0.1) is 0 Å². The van der Waals surface area contributed by atoms with Crippen LogP contribution in [0.3, 0.4) is 0 Å². The van der Waals surface area contributed by atoms with Crippen molar-refractivity contribution in [3.05, 3.63) is 165 Å². The lowest BCUT2D eigenvalue weighted by molar-refractivity contribution is -0.134. The van der Waals surface area contributed by atoms with Gasteiger partial charge in [0, 0.05) is 75.0 Å². The van der Waals surface area contributed by atoms with Crippen LogP contribution in [0.2, 0.25) is 0 Å². The summed E-state index contributed by atoms with van der Waals surface area (Å²) in [7, 11) is 3.17. The predicted molar refractivity (Wildman–Crippen MR) is 270 cm³/mol. The Kier molecular flexibility index (Phi) is 15.2. The Balaban J connectivity index is 0.000000177. The number of hydrogen-bond acceptors (Lipinski definition) is 11. The minimum absolute atomic E-state index is 0. The summed E-state index contributed by atoms with van der Waals surface area (Å²) in [6.07, 6.45) is 0.228. The number of pyridine rings is 2. The van der Waals surface area contributed by atoms with Gasteiger partial charge in [-0.2, -0.15) is 36.5 Å². The Labute approximate surface area is 424 Å². The molecule has 0 aliphatic carbocycles. The highest BCUT2D eigenvalue weighted by atomic mass is 32.1. The van der Waals surface area contributed by atoms with Crippen molar-refractivity contribution in [2.45, 2.75) is 33.6 Å². The van der Waals surface area contributed by atoms with Gasteiger partial charge < -0.3 is 16.2 Å². The molecule has 4 N–H and O–H groups in total. The Morgan fingerprint density at radius 2 is 1.03 bits per heavy atom. The number of thiophene rings is 2. The van der Waals surface area contributed by atoms with E-state index in [0.29, 0.717) is 45.3 Å². The molecule has 8 heterocycles. The number of benzene rings is 2. The van der Waals surface area contributed by atoms with Crippen molar-refractivity contribution in [1.29, 1.82) is 0 Å². The molecule has 0 bridgehead atoms. The molecule has 0 spiro atoms. The number of carboxylic acids is 1. The van der Waals surface area contributed by atoms with Gasteiger partial charge >= 0.3 is 18.3 Å². The minimum atomic E-state index is -4.66. The number of carbonyl (C=O) groups excluding carboxylic acids is 3. The molecule has 0 saturated carbocycles. The number of nitrogens with one attached hydrogen (secondary N) is 1. The van der Waals surface area contributed by atoms with Crippen LogP contribution in [-0.2, 0) is 26.4 Å². The van der Waals surface area contributed by atoms with Crippen molar-refractivity contribution in [2.75, 3.05) is 11.1 Å². The molecule has 1 amide bonds. The van der Waals surface area contributed by atoms with E-state index in [0.717, 1.165) is 22.8 Å². The summed E-state index contributed by atoms with van der Waals surface area (Å²) in [6.45, 7) is 2.92. The third-order valence-corrected chi connectivity index (χ3v) is 13.3. The van der Waals surface area contributed by atoms with Crippen molar-refractivity contribution in [3.8, 4) is 44.8 Å². The number of amides is 1. The van der Waals surface area contributed by atoms with E-state index in [9.17, 15) is 45.5 Å². The number of aryl methyl sites for hydroxylation is 2. The van der Waals surface area contributed by atoms with Gasteiger partial charge in [-0.05, 0) is 47.5 Å². The van der Waals surface area contributed by atoms with Crippen LogP contribution in [-0.4, -0.2) is 66.9 Å². The number of nitrogen functional groups attached to an aromatic ring is 1. The summed E-state index contributed by atoms with van der Waals surface area (Å²) in [4.78, 5) is 53.8. The van der Waals surface area contributed by atoms with Crippen LogP contribution in [0.4, 0.5) is 37.7 Å². The monoisotopic (exact) mass is 1050 g/mol. The second-order valence-electron chi connectivity index (χ2n) is 16.0. The number of imidazole rings is 2. The molecule has 0 radical (unpaired) electrons. The Bertz CT molecular complexity index is 3700. The second-order valence-corrected chi connectivity index (χ2v) is 18.1. The van der Waals surface area contributed by atoms with E-state index in [1.807, 2.05) is 72.9 Å². The number of nitrogens with zero attached hydrogens (tertiary/aromatic N) is 8. The molecule has 15 nitrogen and oxygen atoms in total. The molecule has 8 aromatic heterocycles. The molecule has 0 unspecified atom stereocenters. The third-order valence-electron chi connectivity index (χ3n) is 10.9. The summed E-state index contributed by atoms with van der Waals surface area (Å²) in [5.74, 6) is -2.36. The molecule has 10 aromatic rings. The number of anilines is 2. The highest BCUT2D eigenvalue weighted by Gasteiger charge is 2.39. The van der Waals surface area contributed by atoms with Gasteiger partial charge in [0.1, 0.15) is 26.0 Å². The minimum Gasteiger partial charge on any atom is -0.477 e. The fraction of sp³-hybridized carbons (Fsp3) is 0.137. The van der Waals surface area contributed by atoms with Crippen LogP contribution >= 0.6 is 22.7 Å². The van der Waals surface area contributed by atoms with Crippen LogP contribution in [0.5, 0.6) is 0 Å². The third kappa shape index (κ3) is 11.0. The SMILES string of the molecule is C.CC(=O)c1cnc2c(N)c(-c3ccccc3)ccn12.CC(=O)c1cnc2c(NC(=O)c3cc(-c4ccn(C)n4)c(C(F)(F)F)s3)c(-c3ccccc3)ccn12.Cn1ccc(-c2cc(C(=O)O)sc2C(F)(F)F)n1. The molecule has 74 heavy (non-hydrogen) atoms. The van der Waals surface area contributed by atoms with Gasteiger partial charge in [0.2, 0.25) is 0 Å². The molecule has 0 aliphatic rings. The first-order valence-electron chi connectivity index (χ1n) is 21.5. The number of fused-ring (bicyclic) bond motifs is 2. The van der Waals surface area contributed by atoms with Crippen LogP contribution in [0.15, 0.2) is 134 Å². The number of ketones is 2. The predicted octanol–water partition coefficient (Wildman–Crippen LogP) is 12.2. The summed E-state index contributed by atoms with van der Waals surface area (Å²) >= 11 is 0.552. The first-order chi connectivity index (χ1) is 34.6. The van der Waals surface area contributed by atoms with Crippen LogP contribution in [0.1, 0.15) is 71.3 Å². The number of aromatic nitrogens is 8. The smallest absolute Gasteiger partial charge is 0.426 e. The molecule has 380 valence electrons. The number of hydrogen-bond donors (Lipinski definition) is 3. The maximum atomic E-state index is 13.8. The van der Waals surface area contributed by atoms with Crippen molar-refractivity contribution in [2.24, 2.45) is 14.1 Å². The zero-order valence-corrected chi connectivity index (χ0v) is 40.2. The first-order valence-corrected chi connectivity index (χ1v) is 23.1. The van der Waals surface area contributed by atoms with Crippen LogP contribution < -0.4 is 11.1 Å². The summed E-state index contributed by atoms with van der Waals surface area (Å²) in [6, 6.07) is 27.7. The number of aromatic carboxylic acids is 1. The van der Waals surface area contributed by atoms with Crippen molar-refractivity contribution >= 4 is 68.8 Å². The van der Waals surface area contributed by atoms with E-state index in [1.54, 1.807) is 41.4 Å². The zero-order valence-electron chi connectivity index (χ0n) is 38.5. The van der Waals surface area contributed by atoms with E-state index in [2.05, 4.69) is 25.5 Å². The lowest BCUT2D eigenvalue weighted by Crippen LogP contribution is -2.13. The number of rotatable bonds is 9. The summed E-state index contributed by atoms with van der Waals surface area (Å²) in [5.41, 5.74) is 12.0. The fourth-order valence-electron chi connectivity index (χ4n) is 7.59. The topological polar surface area (TPSA) is 197 Å². The largest absolute Gasteiger partial charge is 0.477 e. The number of alkyl halides is 6. The Hall–Kier alpha value is -8.70. The van der Waals surface area contributed by atoms with Gasteiger partial charge in [-0.1, -0.05) is 68.1 Å². The number of carbonyl (C=O) groups is 4. The molecule has 0 fully saturated rings. The van der Waals surface area contributed by atoms with Gasteiger partial charge in [0.05, 0.1) is 40.0 Å². The van der Waals surface area contributed by atoms with E-state index in [1.165, 1.54) is 60.0 Å². The first kappa shape index (κ1) is 53.1. The van der Waals surface area contributed by atoms with E-state index in [4.69, 9.17) is 10.8 Å². The second kappa shape index (κ2) is 21.2. The number of nitrogens with two attached hydrogens (primary N) is 1. The van der Waals surface area contributed by atoms with Gasteiger partial charge in [-0.15, -0.1) is 22.7 Å². The molecule has 2 aromatic carbocycles. The maximum absolute atomic E-state index is 13.8. The lowest BCUT2D eigenvalue weighted by Gasteiger charge is -2.13. The Morgan fingerprint density at radius 1 is 0.595 bits per heavy atom. The normalized spacial score (nSPS) is 11.3. The van der Waals surface area contributed by atoms with Crippen molar-refractivity contribution in [1.82, 2.24) is 38.3 Å². The highest BCUT2D eigenvalue weighted by molar-refractivity contribution is 7.15. The van der Waals surface area contributed by atoms with Crippen LogP contribution in [0.25, 0.3) is 56.1 Å². The van der Waals surface area contributed by atoms with E-state index < -0.39 is 34.0 Å². The summed E-state index contributed by atoms with van der Waals surface area (Å²) < 4.78 is 85.9. The zero-order chi connectivity index (χ0) is 52.5. The standard InChI is InChI=1S/C25H18F3N5O2S.C15H13N3O.C10H7F3N2O2S.CH4/c1-14(34)19-13-29-23-21(16(8-11-33(19)23)15-6-4-3-5-7-15)30-24(35)20-12-17(18-9-10-32(2)31-18)22(36-20)25(26,27)28;1-10(19)13-9-17-15-14(16)12(7-8-18(13)15)11-5-3-2-4-6-11;1-15-3-2-6(14-15)5-4-7(9(16)17)18-8(5)10(11,12)13;/h3-13H,1-2H3,(H,30,35);2-9H,16H2,1H3;2-4H,1H3,(H,16,17);1H4. The average molecular weight is 1050 g/mol. The van der Waals surface area contributed by atoms with Crippen molar-refractivity contribution < 1.29 is 50.6 Å². The van der Waals surface area contributed by atoms with Crippen molar-refractivity contribution in [3.63, 3.8) is 0 Å². The molecule has 0 atom stereocenters. The fourth-order valence-corrected chi connectivity index (χ4v) is 9.39. The average Bonchev–Trinajstić information content (AvgIpc) is 4.21. The number of halogens is 6. The molecule has 0 aliphatic heterocycles. The molecule has 0 saturated heterocycles. The van der Waals surface area contributed by atoms with Gasteiger partial charge in [0.25, 0.3) is 5.91 Å². The molecular formula is C51H42F6N10O5S2. The highest BCUT2D eigenvalue weighted by Crippen LogP contribution is 2.44. The lowest BCUT2D eigenvalue weighted by atomic mass is 10.0. The van der Waals surface area contributed by atoms with E-state index >= 15 is 0 Å². The van der Waals surface area contributed by atoms with Gasteiger partial charge in [-0.3, -0.25) is 32.5 Å².